The molecule has 0 unspecified atom stereocenters. The summed E-state index contributed by atoms with van der Waals surface area (Å²) in [4.78, 5) is 26.6. The predicted molar refractivity (Wildman–Crippen MR) is 115 cm³/mol. The molecular weight excluding hydrogens is 392 g/mol. The molecule has 0 radical (unpaired) electrons. The summed E-state index contributed by atoms with van der Waals surface area (Å²) in [5.41, 5.74) is 8.08. The SMILES string of the molecule is CN(C(=O)c1ccc(CSc2ccc(Cl)cc2)cc1)c1ccc(C(N)=O)cc1. The molecule has 3 aromatic carbocycles. The number of benzene rings is 3. The molecule has 0 aromatic heterocycles. The molecule has 0 saturated heterocycles. The van der Waals surface area contributed by atoms with Gasteiger partial charge < -0.3 is 10.6 Å². The van der Waals surface area contributed by atoms with E-state index in [0.717, 1.165) is 21.2 Å². The highest BCUT2D eigenvalue weighted by Crippen LogP contribution is 2.25. The van der Waals surface area contributed by atoms with Crippen LogP contribution < -0.4 is 10.6 Å². The first-order chi connectivity index (χ1) is 13.4. The second-order valence-corrected chi connectivity index (χ2v) is 7.70. The molecule has 0 bridgehead atoms. The zero-order valence-electron chi connectivity index (χ0n) is 15.3. The number of primary amides is 1. The standard InChI is InChI=1S/C22H19ClN2O2S/c1-25(19-10-6-16(7-11-19)21(24)26)22(27)17-4-2-15(3-5-17)14-28-20-12-8-18(23)9-13-20/h2-13H,14H2,1H3,(H2,24,26). The smallest absolute Gasteiger partial charge is 0.258 e. The second-order valence-electron chi connectivity index (χ2n) is 6.21. The zero-order valence-corrected chi connectivity index (χ0v) is 16.8. The minimum atomic E-state index is -0.493. The topological polar surface area (TPSA) is 63.4 Å². The van der Waals surface area contributed by atoms with Gasteiger partial charge in [0.05, 0.1) is 0 Å². The maximum absolute atomic E-state index is 12.7. The van der Waals surface area contributed by atoms with E-state index in [1.807, 2.05) is 48.5 Å². The molecule has 0 aliphatic heterocycles. The van der Waals surface area contributed by atoms with Gasteiger partial charge in [-0.3, -0.25) is 9.59 Å². The van der Waals surface area contributed by atoms with Crippen LogP contribution in [0.3, 0.4) is 0 Å². The summed E-state index contributed by atoms with van der Waals surface area (Å²) in [6, 6.07) is 21.9. The highest BCUT2D eigenvalue weighted by molar-refractivity contribution is 7.98. The molecule has 28 heavy (non-hydrogen) atoms. The number of anilines is 1. The van der Waals surface area contributed by atoms with E-state index in [1.54, 1.807) is 48.0 Å². The van der Waals surface area contributed by atoms with Crippen molar-refractivity contribution >= 4 is 40.9 Å². The first kappa shape index (κ1) is 20.0. The number of carbonyl (C=O) groups excluding carboxylic acids is 2. The maximum atomic E-state index is 12.7. The maximum Gasteiger partial charge on any atom is 0.258 e. The monoisotopic (exact) mass is 410 g/mol. The number of rotatable bonds is 6. The first-order valence-corrected chi connectivity index (χ1v) is 9.95. The fourth-order valence-electron chi connectivity index (χ4n) is 2.60. The molecule has 3 rings (SSSR count). The lowest BCUT2D eigenvalue weighted by Crippen LogP contribution is -2.26. The summed E-state index contributed by atoms with van der Waals surface area (Å²) >= 11 is 7.61. The number of nitrogens with two attached hydrogens (primary N) is 1. The van der Waals surface area contributed by atoms with Gasteiger partial charge >= 0.3 is 0 Å². The van der Waals surface area contributed by atoms with Gasteiger partial charge in [-0.15, -0.1) is 11.8 Å². The highest BCUT2D eigenvalue weighted by Gasteiger charge is 2.14. The van der Waals surface area contributed by atoms with Crippen LogP contribution in [0.4, 0.5) is 5.69 Å². The molecule has 4 nitrogen and oxygen atoms in total. The fourth-order valence-corrected chi connectivity index (χ4v) is 3.58. The van der Waals surface area contributed by atoms with Gasteiger partial charge in [0.2, 0.25) is 5.91 Å². The minimum absolute atomic E-state index is 0.122. The fraction of sp³-hybridized carbons (Fsp3) is 0.0909. The third kappa shape index (κ3) is 4.94. The molecular formula is C22H19ClN2O2S. The molecule has 3 aromatic rings. The van der Waals surface area contributed by atoms with Gasteiger partial charge in [-0.05, 0) is 66.2 Å². The summed E-state index contributed by atoms with van der Waals surface area (Å²) in [7, 11) is 1.70. The lowest BCUT2D eigenvalue weighted by Gasteiger charge is -2.18. The Bertz CT molecular complexity index is 971. The van der Waals surface area contributed by atoms with Gasteiger partial charge in [0.1, 0.15) is 0 Å². The summed E-state index contributed by atoms with van der Waals surface area (Å²) in [6.07, 6.45) is 0. The molecule has 0 saturated carbocycles. The largest absolute Gasteiger partial charge is 0.366 e. The van der Waals surface area contributed by atoms with Crippen LogP contribution in [0.2, 0.25) is 5.02 Å². The summed E-state index contributed by atoms with van der Waals surface area (Å²) in [5, 5.41) is 0.723. The summed E-state index contributed by atoms with van der Waals surface area (Å²) in [6.45, 7) is 0. The van der Waals surface area contributed by atoms with Crippen molar-refractivity contribution in [2.24, 2.45) is 5.73 Å². The van der Waals surface area contributed by atoms with Crippen LogP contribution in [0.5, 0.6) is 0 Å². The Hall–Kier alpha value is -2.76. The van der Waals surface area contributed by atoms with Crippen molar-refractivity contribution in [1.82, 2.24) is 0 Å². The minimum Gasteiger partial charge on any atom is -0.366 e. The number of hydrogen-bond donors (Lipinski definition) is 1. The van der Waals surface area contributed by atoms with Crippen molar-refractivity contribution in [3.63, 3.8) is 0 Å². The van der Waals surface area contributed by atoms with Crippen LogP contribution in [0, 0.1) is 0 Å². The van der Waals surface area contributed by atoms with Crippen molar-refractivity contribution in [2.75, 3.05) is 11.9 Å². The predicted octanol–water partition coefficient (Wildman–Crippen LogP) is 5.01. The highest BCUT2D eigenvalue weighted by atomic mass is 35.5. The van der Waals surface area contributed by atoms with E-state index >= 15 is 0 Å². The van der Waals surface area contributed by atoms with E-state index < -0.39 is 5.91 Å². The Morgan fingerprint density at radius 1 is 0.893 bits per heavy atom. The average Bonchev–Trinajstić information content (AvgIpc) is 2.73. The molecule has 0 atom stereocenters. The van der Waals surface area contributed by atoms with Gasteiger partial charge in [0.15, 0.2) is 0 Å². The molecule has 0 aliphatic rings. The van der Waals surface area contributed by atoms with E-state index in [2.05, 4.69) is 0 Å². The number of halogens is 1. The van der Waals surface area contributed by atoms with Crippen LogP contribution in [0.25, 0.3) is 0 Å². The van der Waals surface area contributed by atoms with Crippen LogP contribution in [0.1, 0.15) is 26.3 Å². The van der Waals surface area contributed by atoms with Crippen LogP contribution in [-0.4, -0.2) is 18.9 Å². The van der Waals surface area contributed by atoms with E-state index in [0.29, 0.717) is 16.8 Å². The molecule has 0 heterocycles. The molecule has 0 aliphatic carbocycles. The molecule has 2 amide bonds. The zero-order chi connectivity index (χ0) is 20.1. The lowest BCUT2D eigenvalue weighted by molar-refractivity contribution is 0.0989. The Labute approximate surface area is 173 Å². The number of amides is 2. The van der Waals surface area contributed by atoms with Crippen molar-refractivity contribution < 1.29 is 9.59 Å². The van der Waals surface area contributed by atoms with E-state index in [-0.39, 0.29) is 5.91 Å². The molecule has 142 valence electrons. The van der Waals surface area contributed by atoms with Crippen molar-refractivity contribution in [3.05, 3.63) is 94.5 Å². The Morgan fingerprint density at radius 2 is 1.46 bits per heavy atom. The number of nitrogens with zero attached hydrogens (tertiary/aromatic N) is 1. The summed E-state index contributed by atoms with van der Waals surface area (Å²) < 4.78 is 0. The second kappa shape index (κ2) is 8.95. The number of carbonyl (C=O) groups is 2. The van der Waals surface area contributed by atoms with Gasteiger partial charge in [-0.2, -0.15) is 0 Å². The molecule has 0 fully saturated rings. The first-order valence-electron chi connectivity index (χ1n) is 8.59. The molecule has 6 heteroatoms. The molecule has 2 N–H and O–H groups in total. The van der Waals surface area contributed by atoms with E-state index in [9.17, 15) is 9.59 Å². The van der Waals surface area contributed by atoms with E-state index in [1.165, 1.54) is 0 Å². The van der Waals surface area contributed by atoms with Crippen molar-refractivity contribution in [1.29, 1.82) is 0 Å². The Morgan fingerprint density at radius 3 is 2.04 bits per heavy atom. The summed E-state index contributed by atoms with van der Waals surface area (Å²) in [5.74, 6) is 0.192. The Balaban J connectivity index is 1.63. The van der Waals surface area contributed by atoms with Crippen LogP contribution in [0.15, 0.2) is 77.7 Å². The van der Waals surface area contributed by atoms with Crippen molar-refractivity contribution in [3.8, 4) is 0 Å². The van der Waals surface area contributed by atoms with Gasteiger partial charge in [0, 0.05) is 39.5 Å². The molecule has 0 spiro atoms. The van der Waals surface area contributed by atoms with Crippen LogP contribution >= 0.6 is 23.4 Å². The third-order valence-corrected chi connectivity index (χ3v) is 5.60. The van der Waals surface area contributed by atoms with Gasteiger partial charge in [-0.1, -0.05) is 23.7 Å². The third-order valence-electron chi connectivity index (χ3n) is 4.26. The quantitative estimate of drug-likeness (QED) is 0.581. The lowest BCUT2D eigenvalue weighted by atomic mass is 10.1. The van der Waals surface area contributed by atoms with E-state index in [4.69, 9.17) is 17.3 Å². The average molecular weight is 411 g/mol. The normalized spacial score (nSPS) is 10.5. The van der Waals surface area contributed by atoms with Gasteiger partial charge in [0.25, 0.3) is 5.91 Å². The van der Waals surface area contributed by atoms with Gasteiger partial charge in [-0.25, -0.2) is 0 Å². The van der Waals surface area contributed by atoms with Crippen LogP contribution in [-0.2, 0) is 5.75 Å². The van der Waals surface area contributed by atoms with Crippen molar-refractivity contribution in [2.45, 2.75) is 10.6 Å². The number of hydrogen-bond acceptors (Lipinski definition) is 3. The Kier molecular flexibility index (Phi) is 6.39. The number of thioether (sulfide) groups is 1.